The second-order valence-electron chi connectivity index (χ2n) is 5.69. The molecule has 102 valence electrons. The van der Waals surface area contributed by atoms with Gasteiger partial charge in [-0.05, 0) is 25.2 Å². The fourth-order valence-corrected chi connectivity index (χ4v) is 2.35. The van der Waals surface area contributed by atoms with Gasteiger partial charge in [0.1, 0.15) is 0 Å². The van der Waals surface area contributed by atoms with Crippen LogP contribution in [0.2, 0.25) is 0 Å². The summed E-state index contributed by atoms with van der Waals surface area (Å²) in [6.07, 6.45) is 2.38. The monoisotopic (exact) mass is 253 g/mol. The Morgan fingerprint density at radius 3 is 2.44 bits per heavy atom. The number of hydrogen-bond acceptors (Lipinski definition) is 3. The molecule has 0 radical (unpaired) electrons. The lowest BCUT2D eigenvalue weighted by Gasteiger charge is -2.05. The molecule has 1 rings (SSSR count). The molecular weight excluding hydrogens is 230 g/mol. The predicted octanol–water partition coefficient (Wildman–Crippen LogP) is 1.90. The Morgan fingerprint density at radius 2 is 1.94 bits per heavy atom. The lowest BCUT2D eigenvalue weighted by Crippen LogP contribution is -2.29. The molecule has 4 nitrogen and oxygen atoms in total. The van der Waals surface area contributed by atoms with E-state index in [1.165, 1.54) is 12.7 Å². The molecule has 1 amide bonds. The van der Waals surface area contributed by atoms with Gasteiger partial charge >= 0.3 is 5.97 Å². The minimum atomic E-state index is -0.300. The molecule has 0 aliphatic heterocycles. The third-order valence-electron chi connectivity index (χ3n) is 3.56. The van der Waals surface area contributed by atoms with Crippen LogP contribution in [-0.4, -0.2) is 25.5 Å². The van der Waals surface area contributed by atoms with Crippen LogP contribution in [0.15, 0.2) is 11.6 Å². The first kappa shape index (κ1) is 14.7. The van der Waals surface area contributed by atoms with Gasteiger partial charge in [0.2, 0.25) is 5.91 Å². The van der Waals surface area contributed by atoms with E-state index in [0.717, 1.165) is 0 Å². The van der Waals surface area contributed by atoms with Gasteiger partial charge in [-0.25, -0.2) is 0 Å². The van der Waals surface area contributed by atoms with Crippen molar-refractivity contribution in [2.24, 2.45) is 17.3 Å². The van der Waals surface area contributed by atoms with Crippen LogP contribution in [0, 0.1) is 17.3 Å². The van der Waals surface area contributed by atoms with Crippen molar-refractivity contribution in [1.82, 2.24) is 5.32 Å². The molecule has 2 unspecified atom stereocenters. The van der Waals surface area contributed by atoms with E-state index in [9.17, 15) is 9.59 Å². The topological polar surface area (TPSA) is 55.4 Å². The fourth-order valence-electron chi connectivity index (χ4n) is 2.35. The van der Waals surface area contributed by atoms with Crippen LogP contribution in [-0.2, 0) is 14.3 Å². The van der Waals surface area contributed by atoms with Crippen LogP contribution in [0.3, 0.4) is 0 Å². The van der Waals surface area contributed by atoms with Gasteiger partial charge in [0, 0.05) is 6.54 Å². The molecule has 18 heavy (non-hydrogen) atoms. The molecule has 0 spiro atoms. The SMILES string of the molecule is COC(=O)CCNC(=O)C1C(C=C(C)C)C1(C)C. The van der Waals surface area contributed by atoms with Gasteiger partial charge in [0.15, 0.2) is 0 Å². The summed E-state index contributed by atoms with van der Waals surface area (Å²) in [7, 11) is 1.35. The van der Waals surface area contributed by atoms with E-state index >= 15 is 0 Å². The average molecular weight is 253 g/mol. The maximum absolute atomic E-state index is 12.0. The van der Waals surface area contributed by atoms with Crippen LogP contribution in [0.25, 0.3) is 0 Å². The molecule has 0 aromatic heterocycles. The lowest BCUT2D eigenvalue weighted by atomic mass is 10.1. The largest absolute Gasteiger partial charge is 0.469 e. The van der Waals surface area contributed by atoms with Crippen LogP contribution in [0.5, 0.6) is 0 Å². The number of methoxy groups -OCH3 is 1. The van der Waals surface area contributed by atoms with E-state index in [1.807, 2.05) is 13.8 Å². The standard InChI is InChI=1S/C14H23NO3/c1-9(2)8-10-12(14(10,3)4)13(17)15-7-6-11(16)18-5/h8,10,12H,6-7H2,1-5H3,(H,15,17). The second-order valence-corrected chi connectivity index (χ2v) is 5.69. The number of allylic oxidation sites excluding steroid dienone is 2. The molecule has 1 aliphatic rings. The molecule has 1 saturated carbocycles. The number of amides is 1. The van der Waals surface area contributed by atoms with Gasteiger partial charge < -0.3 is 10.1 Å². The van der Waals surface area contributed by atoms with Gasteiger partial charge in [-0.3, -0.25) is 9.59 Å². The van der Waals surface area contributed by atoms with Gasteiger partial charge in [0.05, 0.1) is 19.4 Å². The molecule has 0 heterocycles. The van der Waals surface area contributed by atoms with E-state index in [2.05, 4.69) is 30.0 Å². The number of carbonyl (C=O) groups excluding carboxylic acids is 2. The van der Waals surface area contributed by atoms with E-state index in [4.69, 9.17) is 0 Å². The predicted molar refractivity (Wildman–Crippen MR) is 69.8 cm³/mol. The molecule has 0 aromatic rings. The molecule has 2 atom stereocenters. The van der Waals surface area contributed by atoms with Crippen molar-refractivity contribution in [2.45, 2.75) is 34.1 Å². The number of esters is 1. The van der Waals surface area contributed by atoms with Crippen molar-refractivity contribution < 1.29 is 14.3 Å². The Bertz CT molecular complexity index is 367. The Balaban J connectivity index is 2.44. The highest BCUT2D eigenvalue weighted by atomic mass is 16.5. The van der Waals surface area contributed by atoms with Crippen molar-refractivity contribution in [3.63, 3.8) is 0 Å². The van der Waals surface area contributed by atoms with Crippen molar-refractivity contribution in [3.05, 3.63) is 11.6 Å². The molecule has 1 aliphatic carbocycles. The summed E-state index contributed by atoms with van der Waals surface area (Å²) in [5.41, 5.74) is 1.25. The van der Waals surface area contributed by atoms with Crippen LogP contribution in [0.1, 0.15) is 34.1 Å². The normalized spacial score (nSPS) is 24.1. The molecule has 0 saturated heterocycles. The summed E-state index contributed by atoms with van der Waals surface area (Å²) in [4.78, 5) is 22.9. The van der Waals surface area contributed by atoms with E-state index in [1.54, 1.807) is 0 Å². The van der Waals surface area contributed by atoms with Crippen LogP contribution in [0.4, 0.5) is 0 Å². The van der Waals surface area contributed by atoms with Gasteiger partial charge in [-0.15, -0.1) is 0 Å². The molecule has 1 N–H and O–H groups in total. The van der Waals surface area contributed by atoms with Crippen LogP contribution >= 0.6 is 0 Å². The van der Waals surface area contributed by atoms with Crippen LogP contribution < -0.4 is 5.32 Å². The maximum Gasteiger partial charge on any atom is 0.307 e. The Kier molecular flexibility index (Phi) is 4.54. The fraction of sp³-hybridized carbons (Fsp3) is 0.714. The Labute approximate surface area is 109 Å². The first-order chi connectivity index (χ1) is 8.30. The van der Waals surface area contributed by atoms with E-state index in [-0.39, 0.29) is 29.6 Å². The van der Waals surface area contributed by atoms with Gasteiger partial charge in [-0.1, -0.05) is 25.5 Å². The highest BCUT2D eigenvalue weighted by molar-refractivity contribution is 5.84. The summed E-state index contributed by atoms with van der Waals surface area (Å²) >= 11 is 0. The minimum Gasteiger partial charge on any atom is -0.469 e. The molecule has 1 fully saturated rings. The summed E-state index contributed by atoms with van der Waals surface area (Å²) in [6.45, 7) is 8.63. The summed E-state index contributed by atoms with van der Waals surface area (Å²) in [6, 6.07) is 0. The van der Waals surface area contributed by atoms with Crippen molar-refractivity contribution in [2.75, 3.05) is 13.7 Å². The number of ether oxygens (including phenoxy) is 1. The van der Waals surface area contributed by atoms with E-state index < -0.39 is 0 Å². The third-order valence-corrected chi connectivity index (χ3v) is 3.56. The zero-order chi connectivity index (χ0) is 13.9. The highest BCUT2D eigenvalue weighted by Crippen LogP contribution is 2.59. The lowest BCUT2D eigenvalue weighted by molar-refractivity contribution is -0.140. The van der Waals surface area contributed by atoms with Crippen molar-refractivity contribution >= 4 is 11.9 Å². The Morgan fingerprint density at radius 1 is 1.33 bits per heavy atom. The number of hydrogen-bond donors (Lipinski definition) is 1. The number of nitrogens with one attached hydrogen (secondary N) is 1. The maximum atomic E-state index is 12.0. The smallest absolute Gasteiger partial charge is 0.307 e. The Hall–Kier alpha value is -1.32. The zero-order valence-corrected chi connectivity index (χ0v) is 11.9. The average Bonchev–Trinajstić information content (AvgIpc) is 2.79. The van der Waals surface area contributed by atoms with Crippen molar-refractivity contribution in [1.29, 1.82) is 0 Å². The van der Waals surface area contributed by atoms with Gasteiger partial charge in [0.25, 0.3) is 0 Å². The first-order valence-corrected chi connectivity index (χ1v) is 6.30. The van der Waals surface area contributed by atoms with Crippen molar-refractivity contribution in [3.8, 4) is 0 Å². The summed E-state index contributed by atoms with van der Waals surface area (Å²) < 4.78 is 4.52. The van der Waals surface area contributed by atoms with E-state index in [0.29, 0.717) is 12.5 Å². The molecular formula is C14H23NO3. The quantitative estimate of drug-likeness (QED) is 0.601. The molecule has 0 aromatic carbocycles. The zero-order valence-electron chi connectivity index (χ0n) is 11.9. The summed E-state index contributed by atoms with van der Waals surface area (Å²) in [5, 5.41) is 2.80. The highest BCUT2D eigenvalue weighted by Gasteiger charge is 2.60. The summed E-state index contributed by atoms with van der Waals surface area (Å²) in [5.74, 6) is 0.0586. The number of rotatable bonds is 5. The minimum absolute atomic E-state index is 0.0186. The molecule has 4 heteroatoms. The third kappa shape index (κ3) is 3.34. The number of carbonyl (C=O) groups is 2. The van der Waals surface area contributed by atoms with Gasteiger partial charge in [-0.2, -0.15) is 0 Å². The first-order valence-electron chi connectivity index (χ1n) is 6.30. The second kappa shape index (κ2) is 5.55. The molecule has 0 bridgehead atoms.